The average molecular weight is 335 g/mol. The second kappa shape index (κ2) is 6.81. The molecule has 2 aromatic carbocycles. The van der Waals surface area contributed by atoms with E-state index >= 15 is 0 Å². The third-order valence-electron chi connectivity index (χ3n) is 3.22. The maximum atomic E-state index is 6.15. The highest BCUT2D eigenvalue weighted by Gasteiger charge is 2.10. The van der Waals surface area contributed by atoms with Crippen molar-refractivity contribution in [3.05, 3.63) is 68.7 Å². The van der Waals surface area contributed by atoms with Crippen LogP contribution in [0.5, 0.6) is 0 Å². The maximum Gasteiger partial charge on any atom is 0.155 e. The first-order valence-electron chi connectivity index (χ1n) is 6.59. The number of nitrogens with two attached hydrogens (primary N) is 2. The highest BCUT2D eigenvalue weighted by molar-refractivity contribution is 6.34. The molecule has 0 amide bonds. The Hall–Kier alpha value is -2.04. The van der Waals surface area contributed by atoms with Gasteiger partial charge in [0.25, 0.3) is 0 Å². The highest BCUT2D eigenvalue weighted by atomic mass is 35.5. The van der Waals surface area contributed by atoms with Crippen LogP contribution in [0, 0.1) is 13.8 Å². The average Bonchev–Trinajstić information content (AvgIpc) is 2.44. The van der Waals surface area contributed by atoms with Crippen molar-refractivity contribution in [1.29, 1.82) is 0 Å². The molecule has 0 saturated heterocycles. The number of halogens is 2. The fourth-order valence-corrected chi connectivity index (χ4v) is 2.76. The zero-order valence-electron chi connectivity index (χ0n) is 12.3. The molecule has 0 bridgehead atoms. The van der Waals surface area contributed by atoms with Crippen LogP contribution >= 0.6 is 23.2 Å². The van der Waals surface area contributed by atoms with Crippen LogP contribution in [0.1, 0.15) is 22.3 Å². The van der Waals surface area contributed by atoms with Crippen LogP contribution in [0.3, 0.4) is 0 Å². The zero-order valence-corrected chi connectivity index (χ0v) is 13.8. The van der Waals surface area contributed by atoms with Crippen LogP contribution in [-0.4, -0.2) is 11.7 Å². The Morgan fingerprint density at radius 1 is 0.773 bits per heavy atom. The SMILES string of the molecule is Cc1cccc(Cl)c1/C(N)=N/N=C(\N)c1c(C)cccc1Cl. The van der Waals surface area contributed by atoms with Crippen LogP contribution in [0.2, 0.25) is 10.0 Å². The number of amidine groups is 2. The quantitative estimate of drug-likeness (QED) is 0.510. The lowest BCUT2D eigenvalue weighted by Gasteiger charge is -2.07. The third kappa shape index (κ3) is 3.40. The van der Waals surface area contributed by atoms with Gasteiger partial charge in [0.1, 0.15) is 0 Å². The van der Waals surface area contributed by atoms with Crippen molar-refractivity contribution < 1.29 is 0 Å². The molecule has 0 aliphatic carbocycles. The van der Waals surface area contributed by atoms with Gasteiger partial charge >= 0.3 is 0 Å². The zero-order chi connectivity index (χ0) is 16.3. The largest absolute Gasteiger partial charge is 0.382 e. The molecular weight excluding hydrogens is 319 g/mol. The minimum Gasteiger partial charge on any atom is -0.382 e. The number of aryl methyl sites for hydroxylation is 2. The normalized spacial score (nSPS) is 12.5. The summed E-state index contributed by atoms with van der Waals surface area (Å²) in [5, 5.41) is 9.01. The van der Waals surface area contributed by atoms with Crippen molar-refractivity contribution in [2.45, 2.75) is 13.8 Å². The molecule has 0 aromatic heterocycles. The lowest BCUT2D eigenvalue weighted by atomic mass is 10.1. The Morgan fingerprint density at radius 2 is 1.14 bits per heavy atom. The molecule has 22 heavy (non-hydrogen) atoms. The van der Waals surface area contributed by atoms with E-state index in [2.05, 4.69) is 10.2 Å². The molecule has 0 aliphatic heterocycles. The number of nitrogens with zero attached hydrogens (tertiary/aromatic N) is 2. The fraction of sp³-hybridized carbons (Fsp3) is 0.125. The summed E-state index contributed by atoms with van der Waals surface area (Å²) in [6.45, 7) is 3.80. The van der Waals surface area contributed by atoms with Crippen molar-refractivity contribution in [3.63, 3.8) is 0 Å². The standard InChI is InChI=1S/C16H16Cl2N4/c1-9-5-3-7-11(17)13(9)15(19)21-22-16(20)14-10(2)6-4-8-12(14)18/h3-8H,1-2H3,(H2,19,21)(H2,20,22). The Bertz CT molecular complexity index is 661. The van der Waals surface area contributed by atoms with Crippen LogP contribution in [0.15, 0.2) is 46.6 Å². The number of hydrogen-bond donors (Lipinski definition) is 2. The highest BCUT2D eigenvalue weighted by Crippen LogP contribution is 2.20. The molecule has 0 radical (unpaired) electrons. The third-order valence-corrected chi connectivity index (χ3v) is 3.85. The Labute approximate surface area is 139 Å². The second-order valence-electron chi connectivity index (χ2n) is 4.83. The number of benzene rings is 2. The molecule has 2 rings (SSSR count). The molecule has 0 fully saturated rings. The summed E-state index contributed by atoms with van der Waals surface area (Å²) in [6.07, 6.45) is 0. The summed E-state index contributed by atoms with van der Waals surface area (Å²) >= 11 is 12.3. The fourth-order valence-electron chi connectivity index (χ4n) is 2.12. The van der Waals surface area contributed by atoms with Crippen LogP contribution in [-0.2, 0) is 0 Å². The summed E-state index contributed by atoms with van der Waals surface area (Å²) in [7, 11) is 0. The molecule has 4 nitrogen and oxygen atoms in total. The summed E-state index contributed by atoms with van der Waals surface area (Å²) in [6, 6.07) is 11.0. The van der Waals surface area contributed by atoms with Crippen LogP contribution in [0.25, 0.3) is 0 Å². The van der Waals surface area contributed by atoms with Crippen molar-refractivity contribution in [3.8, 4) is 0 Å². The maximum absolute atomic E-state index is 6.15. The predicted molar refractivity (Wildman–Crippen MR) is 93.8 cm³/mol. The monoisotopic (exact) mass is 334 g/mol. The first kappa shape index (κ1) is 16.3. The summed E-state index contributed by atoms with van der Waals surface area (Å²) in [4.78, 5) is 0. The van der Waals surface area contributed by atoms with Gasteiger partial charge in [-0.25, -0.2) is 0 Å². The minimum atomic E-state index is 0.204. The Balaban J connectivity index is 2.41. The molecule has 0 unspecified atom stereocenters. The van der Waals surface area contributed by atoms with Crippen LogP contribution in [0.4, 0.5) is 0 Å². The molecule has 0 aliphatic rings. The van der Waals surface area contributed by atoms with E-state index in [0.29, 0.717) is 21.2 Å². The van der Waals surface area contributed by atoms with Crippen LogP contribution < -0.4 is 11.5 Å². The first-order valence-corrected chi connectivity index (χ1v) is 7.35. The number of hydrogen-bond acceptors (Lipinski definition) is 2. The Kier molecular flexibility index (Phi) is 5.06. The lowest BCUT2D eigenvalue weighted by Crippen LogP contribution is -2.18. The molecule has 2 aromatic rings. The van der Waals surface area contributed by atoms with Gasteiger partial charge in [-0.3, -0.25) is 0 Å². The van der Waals surface area contributed by atoms with Gasteiger partial charge in [-0.15, -0.1) is 10.2 Å². The van der Waals surface area contributed by atoms with E-state index in [9.17, 15) is 0 Å². The van der Waals surface area contributed by atoms with E-state index < -0.39 is 0 Å². The van der Waals surface area contributed by atoms with Gasteiger partial charge in [0.05, 0.1) is 10.0 Å². The smallest absolute Gasteiger partial charge is 0.155 e. The van der Waals surface area contributed by atoms with Gasteiger partial charge < -0.3 is 11.5 Å². The molecular formula is C16H16Cl2N4. The van der Waals surface area contributed by atoms with E-state index in [4.69, 9.17) is 34.7 Å². The predicted octanol–water partition coefficient (Wildman–Crippen LogP) is 3.64. The van der Waals surface area contributed by atoms with Crippen molar-refractivity contribution in [2.75, 3.05) is 0 Å². The van der Waals surface area contributed by atoms with E-state index in [0.717, 1.165) is 11.1 Å². The summed E-state index contributed by atoms with van der Waals surface area (Å²) in [5.74, 6) is 0.409. The van der Waals surface area contributed by atoms with E-state index in [1.807, 2.05) is 38.1 Å². The van der Waals surface area contributed by atoms with Crippen molar-refractivity contribution in [1.82, 2.24) is 0 Å². The minimum absolute atomic E-state index is 0.204. The van der Waals surface area contributed by atoms with Gasteiger partial charge in [-0.1, -0.05) is 47.5 Å². The van der Waals surface area contributed by atoms with Gasteiger partial charge in [-0.05, 0) is 37.1 Å². The van der Waals surface area contributed by atoms with Gasteiger partial charge in [0.2, 0.25) is 0 Å². The van der Waals surface area contributed by atoms with Gasteiger partial charge in [-0.2, -0.15) is 0 Å². The van der Waals surface area contributed by atoms with Gasteiger partial charge in [0.15, 0.2) is 11.7 Å². The molecule has 0 heterocycles. The molecule has 4 N–H and O–H groups in total. The summed E-state index contributed by atoms with van der Waals surface area (Å²) in [5.41, 5.74) is 15.1. The van der Waals surface area contributed by atoms with Gasteiger partial charge in [0, 0.05) is 11.1 Å². The molecule has 0 saturated carbocycles. The first-order chi connectivity index (χ1) is 10.4. The topological polar surface area (TPSA) is 76.8 Å². The van der Waals surface area contributed by atoms with Crippen molar-refractivity contribution >= 4 is 34.9 Å². The molecule has 114 valence electrons. The van der Waals surface area contributed by atoms with E-state index in [1.165, 1.54) is 0 Å². The molecule has 0 spiro atoms. The van der Waals surface area contributed by atoms with E-state index in [1.54, 1.807) is 12.1 Å². The number of rotatable bonds is 3. The Morgan fingerprint density at radius 3 is 1.45 bits per heavy atom. The molecule has 0 atom stereocenters. The lowest BCUT2D eigenvalue weighted by molar-refractivity contribution is 1.19. The summed E-state index contributed by atoms with van der Waals surface area (Å²) < 4.78 is 0. The van der Waals surface area contributed by atoms with E-state index in [-0.39, 0.29) is 11.7 Å². The molecule has 6 heteroatoms. The second-order valence-corrected chi connectivity index (χ2v) is 5.65. The van der Waals surface area contributed by atoms with Crippen molar-refractivity contribution in [2.24, 2.45) is 21.7 Å².